The fourth-order valence-corrected chi connectivity index (χ4v) is 6.53. The smallest absolute Gasteiger partial charge is 0.411 e. The largest absolute Gasteiger partial charge is 0.485 e. The number of aromatic nitrogens is 3. The van der Waals surface area contributed by atoms with Crippen molar-refractivity contribution in [2.75, 3.05) is 18.6 Å². The molecular formula is C29H22FN5O5S. The summed E-state index contributed by atoms with van der Waals surface area (Å²) in [7, 11) is 1.53. The van der Waals surface area contributed by atoms with Crippen LogP contribution in [0.5, 0.6) is 11.6 Å². The molecule has 2 N–H and O–H groups in total. The number of nitrogens with zero attached hydrogens (tertiary/aromatic N) is 4. The number of hydrogen-bond donors (Lipinski definition) is 2. The third kappa shape index (κ3) is 4.18. The summed E-state index contributed by atoms with van der Waals surface area (Å²) in [6.45, 7) is 2.32. The van der Waals surface area contributed by atoms with E-state index in [9.17, 15) is 14.7 Å². The number of thiazole rings is 1. The maximum atomic E-state index is 15.2. The highest BCUT2D eigenvalue weighted by atomic mass is 32.1. The Hall–Kier alpha value is -4.84. The van der Waals surface area contributed by atoms with Crippen LogP contribution in [0.15, 0.2) is 42.6 Å². The van der Waals surface area contributed by atoms with Crippen LogP contribution in [0.3, 0.4) is 0 Å². The predicted octanol–water partition coefficient (Wildman–Crippen LogP) is 5.09. The van der Waals surface area contributed by atoms with Crippen molar-refractivity contribution in [1.29, 1.82) is 0 Å². The van der Waals surface area contributed by atoms with E-state index in [0.717, 1.165) is 26.3 Å². The molecule has 41 heavy (non-hydrogen) atoms. The van der Waals surface area contributed by atoms with E-state index in [4.69, 9.17) is 14.5 Å². The third-order valence-electron chi connectivity index (χ3n) is 7.31. The van der Waals surface area contributed by atoms with Crippen LogP contribution in [0.1, 0.15) is 27.0 Å². The fraction of sp³-hybridized carbons (Fsp3) is 0.207. The van der Waals surface area contributed by atoms with E-state index in [-0.39, 0.29) is 18.2 Å². The molecule has 2 aliphatic rings. The molecule has 7 rings (SSSR count). The maximum Gasteiger partial charge on any atom is 0.411 e. The number of ether oxygens (including phenoxy) is 2. The number of fused-ring (bicyclic) bond motifs is 5. The van der Waals surface area contributed by atoms with Crippen LogP contribution in [0, 0.1) is 12.7 Å². The second kappa shape index (κ2) is 9.37. The number of halogens is 1. The van der Waals surface area contributed by atoms with Crippen molar-refractivity contribution in [3.63, 3.8) is 0 Å². The number of anilines is 1. The zero-order chi connectivity index (χ0) is 28.4. The van der Waals surface area contributed by atoms with Crippen molar-refractivity contribution in [2.45, 2.75) is 26.0 Å². The Labute approximate surface area is 236 Å². The first-order valence-electron chi connectivity index (χ1n) is 12.8. The van der Waals surface area contributed by atoms with E-state index in [0.29, 0.717) is 57.2 Å². The molecule has 3 aromatic carbocycles. The molecule has 0 aliphatic carbocycles. The zero-order valence-corrected chi connectivity index (χ0v) is 22.7. The monoisotopic (exact) mass is 571 g/mol. The lowest BCUT2D eigenvalue weighted by molar-refractivity contribution is 0.0965. The molecular weight excluding hydrogens is 549 g/mol. The predicted molar refractivity (Wildman–Crippen MR) is 151 cm³/mol. The number of carboxylic acid groups (broad SMARTS) is 1. The average Bonchev–Trinajstić information content (AvgIpc) is 3.67. The van der Waals surface area contributed by atoms with Gasteiger partial charge in [0.05, 0.1) is 41.1 Å². The topological polar surface area (TPSA) is 127 Å². The summed E-state index contributed by atoms with van der Waals surface area (Å²) >= 11 is 1.40. The quantitative estimate of drug-likeness (QED) is 0.299. The number of aryl methyl sites for hydroxylation is 1. The van der Waals surface area contributed by atoms with Gasteiger partial charge in [0.1, 0.15) is 11.1 Å². The molecule has 0 radical (unpaired) electrons. The molecule has 1 unspecified atom stereocenters. The normalized spacial score (nSPS) is 15.5. The summed E-state index contributed by atoms with van der Waals surface area (Å²) < 4.78 is 27.2. The van der Waals surface area contributed by atoms with E-state index < -0.39 is 18.0 Å². The molecule has 2 aliphatic heterocycles. The maximum absolute atomic E-state index is 15.2. The zero-order valence-electron chi connectivity index (χ0n) is 21.9. The Balaban J connectivity index is 1.23. The van der Waals surface area contributed by atoms with Crippen molar-refractivity contribution < 1.29 is 28.6 Å². The molecule has 2 aromatic heterocycles. The van der Waals surface area contributed by atoms with Crippen LogP contribution in [-0.4, -0.2) is 51.8 Å². The SMILES string of the molecule is COc1cnc2c(-c3nc4cc(F)c5c(c4s3)CC(CN(C(=O)O)c3ccc4c(c3)C(=O)NC4)O5)cc(C)cc2n1. The van der Waals surface area contributed by atoms with E-state index >= 15 is 4.39 Å². The van der Waals surface area contributed by atoms with Crippen LogP contribution >= 0.6 is 11.3 Å². The Bertz CT molecular complexity index is 1930. The molecule has 0 spiro atoms. The van der Waals surface area contributed by atoms with Crippen LogP contribution < -0.4 is 19.7 Å². The Kier molecular flexibility index (Phi) is 5.75. The molecule has 12 heteroatoms. The lowest BCUT2D eigenvalue weighted by Gasteiger charge is -2.23. The lowest BCUT2D eigenvalue weighted by atomic mass is 10.1. The minimum absolute atomic E-state index is 0.0447. The van der Waals surface area contributed by atoms with Crippen LogP contribution in [0.2, 0.25) is 0 Å². The highest BCUT2D eigenvalue weighted by Crippen LogP contribution is 2.43. The summed E-state index contributed by atoms with van der Waals surface area (Å²) in [4.78, 5) is 39.3. The van der Waals surface area contributed by atoms with E-state index in [1.54, 1.807) is 24.4 Å². The fourth-order valence-electron chi connectivity index (χ4n) is 5.42. The first kappa shape index (κ1) is 25.1. The highest BCUT2D eigenvalue weighted by Gasteiger charge is 2.33. The lowest BCUT2D eigenvalue weighted by Crippen LogP contribution is -2.38. The molecule has 0 saturated heterocycles. The van der Waals surface area contributed by atoms with Gasteiger partial charge in [0.2, 0.25) is 5.88 Å². The van der Waals surface area contributed by atoms with Gasteiger partial charge >= 0.3 is 6.09 Å². The van der Waals surface area contributed by atoms with Crippen molar-refractivity contribution in [1.82, 2.24) is 20.3 Å². The second-order valence-electron chi connectivity index (χ2n) is 9.99. The summed E-state index contributed by atoms with van der Waals surface area (Å²) in [6.07, 6.45) is 0.0161. The first-order chi connectivity index (χ1) is 19.8. The van der Waals surface area contributed by atoms with Gasteiger partial charge in [-0.05, 0) is 42.3 Å². The Morgan fingerprint density at radius 3 is 2.88 bits per heavy atom. The summed E-state index contributed by atoms with van der Waals surface area (Å²) in [5, 5.41) is 13.4. The van der Waals surface area contributed by atoms with Gasteiger partial charge in [-0.15, -0.1) is 11.3 Å². The molecule has 2 amide bonds. The van der Waals surface area contributed by atoms with Gasteiger partial charge in [0.25, 0.3) is 5.91 Å². The minimum atomic E-state index is -1.20. The number of carbonyl (C=O) groups is 2. The van der Waals surface area contributed by atoms with Crippen LogP contribution in [0.4, 0.5) is 14.9 Å². The van der Waals surface area contributed by atoms with Crippen LogP contribution in [-0.2, 0) is 13.0 Å². The number of hydrogen-bond acceptors (Lipinski definition) is 8. The molecule has 5 aromatic rings. The Morgan fingerprint density at radius 1 is 1.22 bits per heavy atom. The van der Waals surface area contributed by atoms with Crippen molar-refractivity contribution >= 4 is 50.3 Å². The highest BCUT2D eigenvalue weighted by molar-refractivity contribution is 7.22. The van der Waals surface area contributed by atoms with Crippen molar-refractivity contribution in [3.8, 4) is 22.2 Å². The summed E-state index contributed by atoms with van der Waals surface area (Å²) in [6, 6.07) is 10.2. The molecule has 0 bridgehead atoms. The van der Waals surface area contributed by atoms with Gasteiger partial charge in [-0.1, -0.05) is 6.07 Å². The first-order valence-corrected chi connectivity index (χ1v) is 13.6. The molecule has 0 saturated carbocycles. The second-order valence-corrected chi connectivity index (χ2v) is 11.0. The van der Waals surface area contributed by atoms with Gasteiger partial charge in [0, 0.05) is 41.4 Å². The molecule has 0 fully saturated rings. The number of methoxy groups -OCH3 is 1. The number of rotatable bonds is 5. The van der Waals surface area contributed by atoms with Gasteiger partial charge < -0.3 is 19.9 Å². The molecule has 1 atom stereocenters. The van der Waals surface area contributed by atoms with Crippen LogP contribution in [0.25, 0.3) is 31.8 Å². The number of carbonyl (C=O) groups excluding carboxylic acids is 1. The standard InChI is InChI=1S/C29H22FN5O5S/c1-13-5-18(24-21(6-13)33-23(39-2)11-31-24)28-34-22-9-20(30)25-19(26(22)41-28)8-16(40-25)12-35(29(37)38)15-4-3-14-10-32-27(36)17(14)7-15/h3-7,9,11,16H,8,10,12H2,1-2H3,(H,32,36)(H,37,38). The van der Waals surface area contributed by atoms with Gasteiger partial charge in [0.15, 0.2) is 11.6 Å². The summed E-state index contributed by atoms with van der Waals surface area (Å²) in [5.74, 6) is -0.287. The minimum Gasteiger partial charge on any atom is -0.485 e. The molecule has 4 heterocycles. The molecule has 10 nitrogen and oxygen atoms in total. The molecule has 206 valence electrons. The van der Waals surface area contributed by atoms with Gasteiger partial charge in [-0.3, -0.25) is 9.69 Å². The average molecular weight is 572 g/mol. The third-order valence-corrected chi connectivity index (χ3v) is 8.48. The summed E-state index contributed by atoms with van der Waals surface area (Å²) in [5.41, 5.74) is 5.80. The number of amides is 2. The Morgan fingerprint density at radius 2 is 2.07 bits per heavy atom. The van der Waals surface area contributed by atoms with Gasteiger partial charge in [-0.2, -0.15) is 0 Å². The number of benzene rings is 3. The van der Waals surface area contributed by atoms with Crippen molar-refractivity contribution in [2.24, 2.45) is 0 Å². The van der Waals surface area contributed by atoms with E-state index in [2.05, 4.69) is 15.3 Å². The van der Waals surface area contributed by atoms with E-state index in [1.807, 2.05) is 19.1 Å². The number of nitrogens with one attached hydrogen (secondary N) is 1. The van der Waals surface area contributed by atoms with Crippen molar-refractivity contribution in [3.05, 3.63) is 70.7 Å². The van der Waals surface area contributed by atoms with Gasteiger partial charge in [-0.25, -0.2) is 24.1 Å². The van der Waals surface area contributed by atoms with E-state index in [1.165, 1.54) is 24.5 Å².